The highest BCUT2D eigenvalue weighted by Crippen LogP contribution is 2.11. The molecular weight excluding hydrogens is 310 g/mol. The van der Waals surface area contributed by atoms with Crippen molar-refractivity contribution in [2.24, 2.45) is 0 Å². The first-order chi connectivity index (χ1) is 11.5. The van der Waals surface area contributed by atoms with Gasteiger partial charge in [-0.3, -0.25) is 9.20 Å². The van der Waals surface area contributed by atoms with E-state index in [1.807, 2.05) is 32.0 Å². The van der Waals surface area contributed by atoms with Crippen LogP contribution in [0.2, 0.25) is 0 Å². The largest absolute Gasteiger partial charge is 0.477 e. The van der Waals surface area contributed by atoms with Gasteiger partial charge in [-0.25, -0.2) is 9.78 Å². The molecule has 122 valence electrons. The van der Waals surface area contributed by atoms with Crippen molar-refractivity contribution in [1.29, 1.82) is 0 Å². The smallest absolute Gasteiger partial charge is 0.354 e. The molecule has 0 aliphatic heterocycles. The quantitative estimate of drug-likeness (QED) is 0.750. The van der Waals surface area contributed by atoms with Gasteiger partial charge < -0.3 is 10.4 Å². The maximum Gasteiger partial charge on any atom is 0.354 e. The Morgan fingerprint density at radius 1 is 1.21 bits per heavy atom. The lowest BCUT2D eigenvalue weighted by Gasteiger charge is -2.09. The summed E-state index contributed by atoms with van der Waals surface area (Å²) in [5, 5.41) is 19.2. The molecule has 8 nitrogen and oxygen atoms in total. The summed E-state index contributed by atoms with van der Waals surface area (Å²) in [7, 11) is 0. The van der Waals surface area contributed by atoms with Crippen molar-refractivity contribution in [3.8, 4) is 0 Å². The van der Waals surface area contributed by atoms with Gasteiger partial charge in [0.25, 0.3) is 11.7 Å². The summed E-state index contributed by atoms with van der Waals surface area (Å²) in [5.41, 5.74) is 3.13. The van der Waals surface area contributed by atoms with Gasteiger partial charge in [-0.1, -0.05) is 18.2 Å². The van der Waals surface area contributed by atoms with Crippen LogP contribution >= 0.6 is 0 Å². The van der Waals surface area contributed by atoms with E-state index in [1.165, 1.54) is 22.4 Å². The van der Waals surface area contributed by atoms with Crippen LogP contribution in [0, 0.1) is 13.8 Å². The number of hydrogen-bond donors (Lipinski definition) is 2. The van der Waals surface area contributed by atoms with Crippen molar-refractivity contribution in [3.05, 3.63) is 58.7 Å². The molecule has 1 aromatic carbocycles. The third-order valence-electron chi connectivity index (χ3n) is 3.76. The number of benzene rings is 1. The second-order valence-corrected chi connectivity index (χ2v) is 5.43. The highest BCUT2D eigenvalue weighted by Gasteiger charge is 2.17. The molecule has 0 saturated carbocycles. The van der Waals surface area contributed by atoms with E-state index in [-0.39, 0.29) is 17.2 Å². The van der Waals surface area contributed by atoms with Gasteiger partial charge in [0.1, 0.15) is 12.0 Å². The van der Waals surface area contributed by atoms with Gasteiger partial charge in [0, 0.05) is 12.6 Å². The predicted octanol–water partition coefficient (Wildman–Crippen LogP) is 1.37. The molecule has 2 N–H and O–H groups in total. The third-order valence-corrected chi connectivity index (χ3v) is 3.76. The molecule has 24 heavy (non-hydrogen) atoms. The van der Waals surface area contributed by atoms with Gasteiger partial charge >= 0.3 is 5.97 Å². The Bertz CT molecular complexity index is 948. The third kappa shape index (κ3) is 2.94. The Morgan fingerprint density at radius 3 is 2.71 bits per heavy atom. The van der Waals surface area contributed by atoms with Crippen LogP contribution in [-0.4, -0.2) is 36.6 Å². The van der Waals surface area contributed by atoms with Gasteiger partial charge in [-0.05, 0) is 30.5 Å². The topological polar surface area (TPSA) is 109 Å². The average molecular weight is 325 g/mol. The van der Waals surface area contributed by atoms with Crippen molar-refractivity contribution < 1.29 is 14.7 Å². The fourth-order valence-corrected chi connectivity index (χ4v) is 2.29. The summed E-state index contributed by atoms with van der Waals surface area (Å²) in [6.45, 7) is 4.35. The Balaban J connectivity index is 1.86. The van der Waals surface area contributed by atoms with Crippen molar-refractivity contribution in [1.82, 2.24) is 24.9 Å². The maximum absolute atomic E-state index is 12.4. The van der Waals surface area contributed by atoms with Crippen molar-refractivity contribution in [2.75, 3.05) is 0 Å². The van der Waals surface area contributed by atoms with Crippen LogP contribution < -0.4 is 5.32 Å². The molecule has 2 aromatic heterocycles. The minimum Gasteiger partial charge on any atom is -0.477 e. The first-order valence-corrected chi connectivity index (χ1v) is 7.24. The van der Waals surface area contributed by atoms with E-state index >= 15 is 0 Å². The number of fused-ring (bicyclic) bond motifs is 1. The van der Waals surface area contributed by atoms with E-state index < -0.39 is 11.9 Å². The van der Waals surface area contributed by atoms with Crippen LogP contribution in [0.3, 0.4) is 0 Å². The summed E-state index contributed by atoms with van der Waals surface area (Å²) in [4.78, 5) is 27.4. The number of carboxylic acids is 1. The predicted molar refractivity (Wildman–Crippen MR) is 84.8 cm³/mol. The SMILES string of the molecule is Cc1ccc(CNC(=O)c2cc(C(=O)O)nc3nncn23)cc1C. The first-order valence-electron chi connectivity index (χ1n) is 7.24. The van der Waals surface area contributed by atoms with E-state index in [0.717, 1.165) is 11.1 Å². The van der Waals surface area contributed by atoms with Gasteiger partial charge in [-0.2, -0.15) is 0 Å². The normalized spacial score (nSPS) is 10.8. The molecule has 0 spiro atoms. The number of hydrogen-bond acceptors (Lipinski definition) is 5. The van der Waals surface area contributed by atoms with Gasteiger partial charge in [-0.15, -0.1) is 10.2 Å². The lowest BCUT2D eigenvalue weighted by molar-refractivity contribution is 0.0690. The van der Waals surface area contributed by atoms with E-state index in [9.17, 15) is 9.59 Å². The number of nitrogens with one attached hydrogen (secondary N) is 1. The Morgan fingerprint density at radius 2 is 2.00 bits per heavy atom. The van der Waals surface area contributed by atoms with Crippen LogP contribution in [0.25, 0.3) is 5.78 Å². The Hall–Kier alpha value is -3.29. The summed E-state index contributed by atoms with van der Waals surface area (Å²) < 4.78 is 1.35. The molecule has 0 fully saturated rings. The molecule has 0 atom stereocenters. The number of amides is 1. The molecule has 3 aromatic rings. The minimum atomic E-state index is -1.23. The number of rotatable bonds is 4. The molecule has 0 bridgehead atoms. The zero-order valence-corrected chi connectivity index (χ0v) is 13.1. The molecule has 0 radical (unpaired) electrons. The Kier molecular flexibility index (Phi) is 3.95. The highest BCUT2D eigenvalue weighted by atomic mass is 16.4. The lowest BCUT2D eigenvalue weighted by atomic mass is 10.1. The molecule has 8 heteroatoms. The van der Waals surface area contributed by atoms with Gasteiger partial charge in [0.05, 0.1) is 0 Å². The van der Waals surface area contributed by atoms with E-state index in [0.29, 0.717) is 6.54 Å². The van der Waals surface area contributed by atoms with Crippen LogP contribution in [-0.2, 0) is 6.54 Å². The number of aryl methyl sites for hydroxylation is 2. The standard InChI is InChI=1S/C16H15N5O3/c1-9-3-4-11(5-10(9)2)7-17-14(22)13-6-12(15(23)24)19-16-20-18-8-21(13)16/h3-6,8H,7H2,1-2H3,(H,17,22)(H,23,24). The van der Waals surface area contributed by atoms with E-state index in [4.69, 9.17) is 5.11 Å². The van der Waals surface area contributed by atoms with Crippen LogP contribution in [0.4, 0.5) is 0 Å². The number of aromatic nitrogens is 4. The van der Waals surface area contributed by atoms with Crippen molar-refractivity contribution >= 4 is 17.7 Å². The molecule has 0 saturated heterocycles. The molecule has 0 unspecified atom stereocenters. The van der Waals surface area contributed by atoms with Gasteiger partial charge in [0.15, 0.2) is 5.69 Å². The van der Waals surface area contributed by atoms with Crippen LogP contribution in [0.5, 0.6) is 0 Å². The number of aromatic carboxylic acids is 1. The summed E-state index contributed by atoms with van der Waals surface area (Å²) in [6.07, 6.45) is 1.32. The first kappa shape index (κ1) is 15.6. The summed E-state index contributed by atoms with van der Waals surface area (Å²) >= 11 is 0. The Labute approximate surface area is 137 Å². The number of nitrogens with zero attached hydrogens (tertiary/aromatic N) is 4. The highest BCUT2D eigenvalue weighted by molar-refractivity contribution is 5.96. The van der Waals surface area contributed by atoms with Crippen molar-refractivity contribution in [2.45, 2.75) is 20.4 Å². The fraction of sp³-hybridized carbons (Fsp3) is 0.188. The average Bonchev–Trinajstić information content (AvgIpc) is 3.03. The number of carboxylic acid groups (broad SMARTS) is 1. The lowest BCUT2D eigenvalue weighted by Crippen LogP contribution is -2.26. The molecule has 1 amide bonds. The summed E-state index contributed by atoms with van der Waals surface area (Å²) in [5.74, 6) is -1.60. The second kappa shape index (κ2) is 6.07. The second-order valence-electron chi connectivity index (χ2n) is 5.43. The van der Waals surface area contributed by atoms with Gasteiger partial charge in [0.2, 0.25) is 0 Å². The molecular formula is C16H15N5O3. The number of carbonyl (C=O) groups is 2. The number of carbonyl (C=O) groups excluding carboxylic acids is 1. The van der Waals surface area contributed by atoms with Crippen LogP contribution in [0.1, 0.15) is 37.7 Å². The molecule has 0 aliphatic rings. The monoisotopic (exact) mass is 325 g/mol. The fourth-order valence-electron chi connectivity index (χ4n) is 2.29. The molecule has 2 heterocycles. The zero-order valence-electron chi connectivity index (χ0n) is 13.1. The zero-order chi connectivity index (χ0) is 17.3. The van der Waals surface area contributed by atoms with E-state index in [1.54, 1.807) is 0 Å². The molecule has 0 aliphatic carbocycles. The van der Waals surface area contributed by atoms with E-state index in [2.05, 4.69) is 20.5 Å². The summed E-state index contributed by atoms with van der Waals surface area (Å²) in [6, 6.07) is 7.13. The van der Waals surface area contributed by atoms with Crippen molar-refractivity contribution in [3.63, 3.8) is 0 Å². The molecule has 3 rings (SSSR count). The minimum absolute atomic E-state index is 0.0613. The van der Waals surface area contributed by atoms with Crippen LogP contribution in [0.15, 0.2) is 30.6 Å². The maximum atomic E-state index is 12.4.